The maximum absolute atomic E-state index is 15.8. The lowest BCUT2D eigenvalue weighted by atomic mass is 9.96. The van der Waals surface area contributed by atoms with Crippen LogP contribution in [0, 0.1) is 19.7 Å². The van der Waals surface area contributed by atoms with Gasteiger partial charge in [-0.25, -0.2) is 13.2 Å². The van der Waals surface area contributed by atoms with Gasteiger partial charge in [-0.05, 0) is 68.1 Å². The van der Waals surface area contributed by atoms with E-state index < -0.39 is 59.9 Å². The van der Waals surface area contributed by atoms with Crippen LogP contribution < -0.4 is 25.8 Å². The van der Waals surface area contributed by atoms with Crippen LogP contribution in [0.3, 0.4) is 0 Å². The normalized spacial score (nSPS) is 21.0. The third kappa shape index (κ3) is 7.99. The van der Waals surface area contributed by atoms with Gasteiger partial charge in [0.05, 0.1) is 23.8 Å². The number of aryl methyl sites for hydroxylation is 1. The Morgan fingerprint density at radius 3 is 2.32 bits per heavy atom. The van der Waals surface area contributed by atoms with Gasteiger partial charge >= 0.3 is 6.36 Å². The van der Waals surface area contributed by atoms with Gasteiger partial charge in [-0.3, -0.25) is 29.4 Å². The zero-order valence-corrected chi connectivity index (χ0v) is 29.2. The van der Waals surface area contributed by atoms with Gasteiger partial charge in [-0.1, -0.05) is 6.07 Å². The number of nitrogens with zero attached hydrogens (tertiary/aromatic N) is 4. The van der Waals surface area contributed by atoms with Crippen LogP contribution in [0.5, 0.6) is 5.75 Å². The van der Waals surface area contributed by atoms with Gasteiger partial charge in [0.25, 0.3) is 17.4 Å². The Hall–Kier alpha value is -5.06. The minimum Gasteiger partial charge on any atom is -0.405 e. The zero-order chi connectivity index (χ0) is 38.4. The number of carbonyl (C=O) groups excluding carboxylic acids is 3. The van der Waals surface area contributed by atoms with E-state index >= 15 is 13.2 Å². The average Bonchev–Trinajstić information content (AvgIpc) is 3.09. The smallest absolute Gasteiger partial charge is 0.405 e. The molecule has 3 aromatic rings. The van der Waals surface area contributed by atoms with Crippen LogP contribution in [-0.4, -0.2) is 95.7 Å². The fourth-order valence-electron chi connectivity index (χ4n) is 7.22. The number of nitrogens with one attached hydrogen (secondary N) is 2. The van der Waals surface area contributed by atoms with Gasteiger partial charge in [-0.15, -0.1) is 13.2 Å². The fourth-order valence-corrected chi connectivity index (χ4v) is 7.22. The highest BCUT2D eigenvalue weighted by molar-refractivity contribution is 6.01. The second-order valence-corrected chi connectivity index (χ2v) is 13.6. The molecule has 0 saturated carbocycles. The molecule has 284 valence electrons. The molecule has 3 amide bonds. The number of benzene rings is 2. The van der Waals surface area contributed by atoms with E-state index in [1.54, 1.807) is 29.7 Å². The molecule has 4 heterocycles. The summed E-state index contributed by atoms with van der Waals surface area (Å²) in [6.45, 7) is 2.83. The van der Waals surface area contributed by atoms with Crippen molar-refractivity contribution in [3.63, 3.8) is 0 Å². The highest BCUT2D eigenvalue weighted by Crippen LogP contribution is 2.37. The van der Waals surface area contributed by atoms with E-state index in [1.807, 2.05) is 0 Å². The van der Waals surface area contributed by atoms with Crippen LogP contribution in [0.1, 0.15) is 40.7 Å². The maximum atomic E-state index is 15.8. The lowest BCUT2D eigenvalue weighted by Gasteiger charge is -2.46. The van der Waals surface area contributed by atoms with Crippen LogP contribution in [0.15, 0.2) is 47.4 Å². The van der Waals surface area contributed by atoms with Crippen molar-refractivity contribution in [1.82, 2.24) is 19.7 Å². The summed E-state index contributed by atoms with van der Waals surface area (Å²) in [6.07, 6.45) is -3.45. The molecule has 11 nitrogen and oxygen atoms in total. The lowest BCUT2D eigenvalue weighted by Crippen LogP contribution is -2.62. The van der Waals surface area contributed by atoms with Crippen molar-refractivity contribution in [3.8, 4) is 16.9 Å². The number of aromatic nitrogens is 1. The van der Waals surface area contributed by atoms with Gasteiger partial charge in [0.2, 0.25) is 11.8 Å². The van der Waals surface area contributed by atoms with Crippen molar-refractivity contribution >= 4 is 29.1 Å². The Balaban J connectivity index is 1.11. The van der Waals surface area contributed by atoms with Gasteiger partial charge < -0.3 is 24.4 Å². The second kappa shape index (κ2) is 14.4. The molecule has 0 aliphatic carbocycles. The minimum atomic E-state index is -5.18. The molecule has 1 aromatic heterocycles. The summed E-state index contributed by atoms with van der Waals surface area (Å²) in [5, 5.41) is 5.15. The predicted octanol–water partition coefficient (Wildman–Crippen LogP) is 4.60. The van der Waals surface area contributed by atoms with Crippen LogP contribution in [-0.2, 0) is 16.6 Å². The molecule has 3 aliphatic rings. The van der Waals surface area contributed by atoms with Gasteiger partial charge in [0.1, 0.15) is 17.6 Å². The van der Waals surface area contributed by atoms with E-state index in [1.165, 1.54) is 36.0 Å². The minimum absolute atomic E-state index is 0.151. The first-order valence-corrected chi connectivity index (χ1v) is 17.0. The number of anilines is 2. The molecule has 6 rings (SSSR count). The first-order valence-electron chi connectivity index (χ1n) is 17.0. The van der Waals surface area contributed by atoms with Crippen molar-refractivity contribution in [2.75, 3.05) is 49.5 Å². The molecule has 2 N–H and O–H groups in total. The summed E-state index contributed by atoms with van der Waals surface area (Å²) in [5.74, 6) is -6.75. The summed E-state index contributed by atoms with van der Waals surface area (Å²) >= 11 is 0. The van der Waals surface area contributed by atoms with Crippen molar-refractivity contribution < 1.29 is 45.5 Å². The van der Waals surface area contributed by atoms with E-state index in [0.717, 1.165) is 17.0 Å². The number of piperidine rings is 2. The molecular weight excluding hydrogens is 710 g/mol. The molecule has 0 unspecified atom stereocenters. The third-order valence-corrected chi connectivity index (χ3v) is 10.2. The van der Waals surface area contributed by atoms with Crippen molar-refractivity contribution in [2.45, 2.75) is 57.5 Å². The third-order valence-electron chi connectivity index (χ3n) is 10.2. The quantitative estimate of drug-likeness (QED) is 0.267. The zero-order valence-electron chi connectivity index (χ0n) is 29.2. The lowest BCUT2D eigenvalue weighted by molar-refractivity contribution is -0.274. The first kappa shape index (κ1) is 37.7. The summed E-state index contributed by atoms with van der Waals surface area (Å²) < 4.78 is 92.8. The van der Waals surface area contributed by atoms with E-state index in [4.69, 9.17) is 0 Å². The Bertz CT molecular complexity index is 1990. The first-order chi connectivity index (χ1) is 24.9. The van der Waals surface area contributed by atoms with Crippen LogP contribution in [0.2, 0.25) is 0 Å². The number of alkyl halides is 5. The molecule has 2 aromatic carbocycles. The number of ether oxygens (including phenoxy) is 1. The standard InChI is InChI=1S/C36H38F6N6O5/c1-20-21(2)33(51)45(3)18-25(20)22-4-6-24(29(16-22)53-36(40,41)42)34(52)48-11-10-30(35(38,39)19-48)47-14-12-46(13-15-47)28-8-5-23(17-26(28)37)43-27-7-9-31(49)44-32(27)50/h4-6,8,16-18,27,30,43H,7,9-15,19H2,1-3H3,(H,44,49,50)/t27-,30+/m1/s1. The summed E-state index contributed by atoms with van der Waals surface area (Å²) in [5.41, 5.74) is 1.38. The van der Waals surface area contributed by atoms with Crippen LogP contribution in [0.25, 0.3) is 11.1 Å². The highest BCUT2D eigenvalue weighted by atomic mass is 19.4. The molecule has 0 bridgehead atoms. The predicted molar refractivity (Wildman–Crippen MR) is 183 cm³/mol. The number of imide groups is 1. The van der Waals surface area contributed by atoms with Crippen molar-refractivity contribution in [1.29, 1.82) is 0 Å². The molecule has 17 heteroatoms. The number of halogens is 6. The van der Waals surface area contributed by atoms with E-state index in [0.29, 0.717) is 22.4 Å². The molecule has 2 atom stereocenters. The number of pyridine rings is 1. The average molecular weight is 749 g/mol. The van der Waals surface area contributed by atoms with E-state index in [-0.39, 0.29) is 74.7 Å². The Labute approximate surface area is 300 Å². The molecule has 0 spiro atoms. The Morgan fingerprint density at radius 1 is 0.962 bits per heavy atom. The number of carbonyl (C=O) groups is 3. The largest absolute Gasteiger partial charge is 0.573 e. The monoisotopic (exact) mass is 748 g/mol. The fraction of sp³-hybridized carbons (Fsp3) is 0.444. The van der Waals surface area contributed by atoms with Gasteiger partial charge in [-0.2, -0.15) is 0 Å². The van der Waals surface area contributed by atoms with Crippen LogP contribution in [0.4, 0.5) is 37.7 Å². The number of hydrogen-bond donors (Lipinski definition) is 2. The number of likely N-dealkylation sites (tertiary alicyclic amines) is 1. The van der Waals surface area contributed by atoms with Crippen molar-refractivity contribution in [2.24, 2.45) is 7.05 Å². The molecule has 3 fully saturated rings. The van der Waals surface area contributed by atoms with Gasteiger partial charge in [0, 0.05) is 69.2 Å². The number of piperazine rings is 1. The van der Waals surface area contributed by atoms with Gasteiger partial charge in [0.15, 0.2) is 0 Å². The summed E-state index contributed by atoms with van der Waals surface area (Å²) in [7, 11) is 1.50. The van der Waals surface area contributed by atoms with Crippen LogP contribution >= 0.6 is 0 Å². The Kier molecular flexibility index (Phi) is 10.2. The molecule has 53 heavy (non-hydrogen) atoms. The molecule has 3 saturated heterocycles. The molecule has 3 aliphatic heterocycles. The van der Waals surface area contributed by atoms with Crippen molar-refractivity contribution in [3.05, 3.63) is 75.5 Å². The summed E-state index contributed by atoms with van der Waals surface area (Å²) in [4.78, 5) is 53.5. The highest BCUT2D eigenvalue weighted by Gasteiger charge is 2.49. The van der Waals surface area contributed by atoms with E-state index in [9.17, 15) is 32.3 Å². The number of amides is 3. The Morgan fingerprint density at radius 2 is 1.68 bits per heavy atom. The number of rotatable bonds is 7. The number of hydrogen-bond acceptors (Lipinski definition) is 8. The second-order valence-electron chi connectivity index (χ2n) is 13.6. The topological polar surface area (TPSA) is 116 Å². The van der Waals surface area contributed by atoms with E-state index in [2.05, 4.69) is 15.4 Å². The molecular formula is C36H38F6N6O5. The SMILES string of the molecule is Cc1c(-c2ccc(C(=O)N3CC[C@H](N4CCN(c5ccc(N[C@@H]6CCC(=O)NC6=O)cc5F)CC4)C(F)(F)C3)c(OC(F)(F)F)c2)cn(C)c(=O)c1C. The summed E-state index contributed by atoms with van der Waals surface area (Å²) in [6, 6.07) is 5.93. The maximum Gasteiger partial charge on any atom is 0.573 e. The molecule has 0 radical (unpaired) electrons.